The van der Waals surface area contributed by atoms with Gasteiger partial charge in [0.1, 0.15) is 5.75 Å². The largest absolute Gasteiger partial charge is 0.496 e. The molecule has 2 aromatic carbocycles. The molecule has 1 saturated heterocycles. The van der Waals surface area contributed by atoms with Crippen molar-refractivity contribution in [2.24, 2.45) is 0 Å². The standard InChI is InChI=1S/C22H23N3O2/c1-27-21-10-6-5-9-20(21)22(26)24-13-11-17(12-14-24)18-15-23-25(16-18)19-7-3-2-4-8-19/h2-10,15-17H,11-14H2,1H3. The fraction of sp³-hybridized carbons (Fsp3) is 0.273. The van der Waals surface area contributed by atoms with Crippen molar-refractivity contribution in [1.29, 1.82) is 0 Å². The minimum absolute atomic E-state index is 0.0471. The molecule has 1 aliphatic heterocycles. The third-order valence-corrected chi connectivity index (χ3v) is 5.21. The maximum atomic E-state index is 12.8. The van der Waals surface area contributed by atoms with Gasteiger partial charge in [-0.25, -0.2) is 4.68 Å². The van der Waals surface area contributed by atoms with Crippen molar-refractivity contribution >= 4 is 5.91 Å². The first kappa shape index (κ1) is 17.3. The number of carbonyl (C=O) groups is 1. The molecule has 2 heterocycles. The zero-order valence-corrected chi connectivity index (χ0v) is 15.4. The molecule has 138 valence electrons. The smallest absolute Gasteiger partial charge is 0.257 e. The van der Waals surface area contributed by atoms with Gasteiger partial charge in [0, 0.05) is 19.3 Å². The number of likely N-dealkylation sites (tertiary alicyclic amines) is 1. The Morgan fingerprint density at radius 2 is 1.74 bits per heavy atom. The number of methoxy groups -OCH3 is 1. The van der Waals surface area contributed by atoms with Crippen LogP contribution in [0.3, 0.4) is 0 Å². The van der Waals surface area contributed by atoms with E-state index in [0.29, 0.717) is 17.2 Å². The highest BCUT2D eigenvalue weighted by atomic mass is 16.5. The molecule has 0 unspecified atom stereocenters. The summed E-state index contributed by atoms with van der Waals surface area (Å²) in [6.45, 7) is 1.50. The topological polar surface area (TPSA) is 47.4 Å². The quantitative estimate of drug-likeness (QED) is 0.708. The molecule has 5 nitrogen and oxygen atoms in total. The van der Waals surface area contributed by atoms with Crippen molar-refractivity contribution in [3.05, 3.63) is 78.1 Å². The first-order valence-corrected chi connectivity index (χ1v) is 9.28. The summed E-state index contributed by atoms with van der Waals surface area (Å²) >= 11 is 0. The van der Waals surface area contributed by atoms with Crippen molar-refractivity contribution in [2.75, 3.05) is 20.2 Å². The van der Waals surface area contributed by atoms with Gasteiger partial charge in [0.25, 0.3) is 5.91 Å². The van der Waals surface area contributed by atoms with Gasteiger partial charge in [0.05, 0.1) is 24.6 Å². The van der Waals surface area contributed by atoms with Gasteiger partial charge in [0.15, 0.2) is 0 Å². The highest BCUT2D eigenvalue weighted by molar-refractivity contribution is 5.97. The Balaban J connectivity index is 1.42. The highest BCUT2D eigenvalue weighted by Crippen LogP contribution is 2.30. The van der Waals surface area contributed by atoms with E-state index >= 15 is 0 Å². The van der Waals surface area contributed by atoms with Gasteiger partial charge in [-0.15, -0.1) is 0 Å². The number of para-hydroxylation sites is 2. The lowest BCUT2D eigenvalue weighted by Crippen LogP contribution is -2.38. The number of rotatable bonds is 4. The Morgan fingerprint density at radius 1 is 1.04 bits per heavy atom. The number of nitrogens with zero attached hydrogens (tertiary/aromatic N) is 3. The number of aromatic nitrogens is 2. The third-order valence-electron chi connectivity index (χ3n) is 5.21. The van der Waals surface area contributed by atoms with Crippen LogP contribution in [-0.2, 0) is 0 Å². The van der Waals surface area contributed by atoms with E-state index in [-0.39, 0.29) is 5.91 Å². The van der Waals surface area contributed by atoms with Crippen LogP contribution in [-0.4, -0.2) is 40.8 Å². The zero-order chi connectivity index (χ0) is 18.6. The molecule has 0 radical (unpaired) electrons. The molecule has 0 saturated carbocycles. The average molecular weight is 361 g/mol. The summed E-state index contributed by atoms with van der Waals surface area (Å²) in [7, 11) is 1.60. The maximum absolute atomic E-state index is 12.8. The lowest BCUT2D eigenvalue weighted by atomic mass is 9.91. The number of ether oxygens (including phenoxy) is 1. The van der Waals surface area contributed by atoms with Crippen LogP contribution >= 0.6 is 0 Å². The van der Waals surface area contributed by atoms with Gasteiger partial charge in [-0.05, 0) is 48.6 Å². The highest BCUT2D eigenvalue weighted by Gasteiger charge is 2.26. The maximum Gasteiger partial charge on any atom is 0.257 e. The summed E-state index contributed by atoms with van der Waals surface area (Å²) < 4.78 is 7.25. The number of amides is 1. The first-order chi connectivity index (χ1) is 13.3. The minimum atomic E-state index is 0.0471. The van der Waals surface area contributed by atoms with E-state index in [1.165, 1.54) is 5.56 Å². The Bertz CT molecular complexity index is 912. The fourth-order valence-corrected chi connectivity index (χ4v) is 3.68. The molecule has 0 atom stereocenters. The normalized spacial score (nSPS) is 14.9. The molecule has 1 amide bonds. The van der Waals surface area contributed by atoms with E-state index in [0.717, 1.165) is 31.6 Å². The molecule has 3 aromatic rings. The van der Waals surface area contributed by atoms with E-state index in [9.17, 15) is 4.79 Å². The van der Waals surface area contributed by atoms with Gasteiger partial charge in [0.2, 0.25) is 0 Å². The second-order valence-electron chi connectivity index (χ2n) is 6.82. The van der Waals surface area contributed by atoms with Crippen LogP contribution in [0, 0.1) is 0 Å². The Morgan fingerprint density at radius 3 is 2.48 bits per heavy atom. The van der Waals surface area contributed by atoms with E-state index in [1.54, 1.807) is 7.11 Å². The van der Waals surface area contributed by atoms with Gasteiger partial charge in [-0.2, -0.15) is 5.10 Å². The van der Waals surface area contributed by atoms with Crippen molar-refractivity contribution in [1.82, 2.24) is 14.7 Å². The van der Waals surface area contributed by atoms with Crippen molar-refractivity contribution in [2.45, 2.75) is 18.8 Å². The molecule has 4 rings (SSSR count). The number of hydrogen-bond acceptors (Lipinski definition) is 3. The molecule has 0 N–H and O–H groups in total. The van der Waals surface area contributed by atoms with E-state index in [2.05, 4.69) is 11.3 Å². The summed E-state index contributed by atoms with van der Waals surface area (Å²) in [5, 5.41) is 4.51. The van der Waals surface area contributed by atoms with Crippen LogP contribution in [0.2, 0.25) is 0 Å². The summed E-state index contributed by atoms with van der Waals surface area (Å²) in [5.41, 5.74) is 2.94. The lowest BCUT2D eigenvalue weighted by molar-refractivity contribution is 0.0709. The van der Waals surface area contributed by atoms with Crippen LogP contribution in [0.15, 0.2) is 67.0 Å². The zero-order valence-electron chi connectivity index (χ0n) is 15.4. The second kappa shape index (κ2) is 7.66. The molecule has 1 fully saturated rings. The molecule has 0 aliphatic carbocycles. The number of piperidine rings is 1. The Labute approximate surface area is 159 Å². The molecule has 5 heteroatoms. The number of carbonyl (C=O) groups excluding carboxylic acids is 1. The molecular formula is C22H23N3O2. The Kier molecular flexibility index (Phi) is 4.92. The van der Waals surface area contributed by atoms with Gasteiger partial charge >= 0.3 is 0 Å². The molecule has 1 aromatic heterocycles. The van der Waals surface area contributed by atoms with Crippen LogP contribution in [0.1, 0.15) is 34.7 Å². The molecule has 0 bridgehead atoms. The van der Waals surface area contributed by atoms with Gasteiger partial charge in [-0.3, -0.25) is 4.79 Å². The van der Waals surface area contributed by atoms with Crippen LogP contribution in [0.25, 0.3) is 5.69 Å². The average Bonchev–Trinajstić information content (AvgIpc) is 3.24. The molecule has 27 heavy (non-hydrogen) atoms. The first-order valence-electron chi connectivity index (χ1n) is 9.28. The van der Waals surface area contributed by atoms with E-state index in [4.69, 9.17) is 4.74 Å². The summed E-state index contributed by atoms with van der Waals surface area (Å²) in [5.74, 6) is 1.11. The van der Waals surface area contributed by atoms with Crippen molar-refractivity contribution in [3.63, 3.8) is 0 Å². The molecule has 1 aliphatic rings. The molecular weight excluding hydrogens is 338 g/mol. The van der Waals surface area contributed by atoms with Gasteiger partial charge < -0.3 is 9.64 Å². The minimum Gasteiger partial charge on any atom is -0.496 e. The predicted octanol–water partition coefficient (Wildman–Crippen LogP) is 3.90. The van der Waals surface area contributed by atoms with Crippen molar-refractivity contribution in [3.8, 4) is 11.4 Å². The summed E-state index contributed by atoms with van der Waals surface area (Å²) in [4.78, 5) is 14.8. The van der Waals surface area contributed by atoms with E-state index < -0.39 is 0 Å². The lowest BCUT2D eigenvalue weighted by Gasteiger charge is -2.32. The summed E-state index contributed by atoms with van der Waals surface area (Å²) in [6.07, 6.45) is 5.95. The van der Waals surface area contributed by atoms with E-state index in [1.807, 2.05) is 70.4 Å². The molecule has 0 spiro atoms. The second-order valence-corrected chi connectivity index (χ2v) is 6.82. The SMILES string of the molecule is COc1ccccc1C(=O)N1CCC(c2cnn(-c3ccccc3)c2)CC1. The van der Waals surface area contributed by atoms with Crippen LogP contribution in [0.5, 0.6) is 5.75 Å². The predicted molar refractivity (Wildman–Crippen MR) is 104 cm³/mol. The van der Waals surface area contributed by atoms with Crippen LogP contribution in [0.4, 0.5) is 0 Å². The fourth-order valence-electron chi connectivity index (χ4n) is 3.68. The number of hydrogen-bond donors (Lipinski definition) is 0. The van der Waals surface area contributed by atoms with Crippen molar-refractivity contribution < 1.29 is 9.53 Å². The van der Waals surface area contributed by atoms with Crippen LogP contribution < -0.4 is 4.74 Å². The van der Waals surface area contributed by atoms with Gasteiger partial charge in [-0.1, -0.05) is 30.3 Å². The monoisotopic (exact) mass is 361 g/mol. The Hall–Kier alpha value is -3.08. The summed E-state index contributed by atoms with van der Waals surface area (Å²) in [6, 6.07) is 17.5. The third kappa shape index (κ3) is 3.58. The number of benzene rings is 2.